The van der Waals surface area contributed by atoms with Gasteiger partial charge in [-0.05, 0) is 48.9 Å². The number of carbonyl (C=O) groups is 1. The number of sulfonamides is 1. The standard InChI is InChI=1S/C20H16BrFN4O3S2/c1-12-18(19(27)25-31(2,28)29)24-20(30-12)26(16-7-3-13(10-23)4-8-16)11-14-5-6-15(22)9-17(14)21/h3-9H,11H2,1-2H3,(H,25,27). The second kappa shape index (κ2) is 9.13. The van der Waals surface area contributed by atoms with Gasteiger partial charge < -0.3 is 4.90 Å². The number of halogens is 2. The second-order valence-corrected chi connectivity index (χ2v) is 10.4. The number of hydrogen-bond acceptors (Lipinski definition) is 7. The van der Waals surface area contributed by atoms with Crippen LogP contribution in [0.4, 0.5) is 15.2 Å². The number of aryl methyl sites for hydroxylation is 1. The highest BCUT2D eigenvalue weighted by atomic mass is 79.9. The number of hydrogen-bond donors (Lipinski definition) is 1. The molecule has 0 aliphatic heterocycles. The molecule has 11 heteroatoms. The van der Waals surface area contributed by atoms with Crippen molar-refractivity contribution in [3.63, 3.8) is 0 Å². The van der Waals surface area contributed by atoms with Gasteiger partial charge in [0.2, 0.25) is 10.0 Å². The number of amides is 1. The molecule has 1 N–H and O–H groups in total. The highest BCUT2D eigenvalue weighted by Gasteiger charge is 2.23. The molecule has 160 valence electrons. The van der Waals surface area contributed by atoms with Gasteiger partial charge in [0.1, 0.15) is 11.5 Å². The maximum atomic E-state index is 13.5. The van der Waals surface area contributed by atoms with E-state index in [9.17, 15) is 17.6 Å². The van der Waals surface area contributed by atoms with Gasteiger partial charge in [0.15, 0.2) is 5.13 Å². The molecule has 0 saturated heterocycles. The number of aromatic nitrogens is 1. The smallest absolute Gasteiger partial charge is 0.284 e. The summed E-state index contributed by atoms with van der Waals surface area (Å²) in [6, 6.07) is 13.2. The van der Waals surface area contributed by atoms with Crippen LogP contribution in [0.2, 0.25) is 0 Å². The van der Waals surface area contributed by atoms with E-state index in [0.29, 0.717) is 25.7 Å². The summed E-state index contributed by atoms with van der Waals surface area (Å²) < 4.78 is 38.9. The monoisotopic (exact) mass is 522 g/mol. The van der Waals surface area contributed by atoms with Crippen LogP contribution in [0.15, 0.2) is 46.9 Å². The first kappa shape index (κ1) is 22.9. The maximum absolute atomic E-state index is 13.5. The number of rotatable bonds is 6. The van der Waals surface area contributed by atoms with Crippen LogP contribution in [-0.4, -0.2) is 25.6 Å². The Labute approximate surface area is 191 Å². The second-order valence-electron chi connectivity index (χ2n) is 6.59. The lowest BCUT2D eigenvalue weighted by Gasteiger charge is -2.23. The minimum Gasteiger partial charge on any atom is -0.313 e. The number of nitrogens with zero attached hydrogens (tertiary/aromatic N) is 3. The molecule has 0 atom stereocenters. The van der Waals surface area contributed by atoms with Gasteiger partial charge in [0.05, 0.1) is 24.4 Å². The Morgan fingerprint density at radius 1 is 1.29 bits per heavy atom. The Morgan fingerprint density at radius 2 is 1.97 bits per heavy atom. The van der Waals surface area contributed by atoms with Gasteiger partial charge in [0, 0.05) is 15.0 Å². The van der Waals surface area contributed by atoms with Gasteiger partial charge in [0.25, 0.3) is 5.91 Å². The van der Waals surface area contributed by atoms with E-state index in [0.717, 1.165) is 11.8 Å². The SMILES string of the molecule is Cc1sc(N(Cc2ccc(F)cc2Br)c2ccc(C#N)cc2)nc1C(=O)NS(C)(=O)=O. The van der Waals surface area contributed by atoms with Gasteiger partial charge in [-0.3, -0.25) is 4.79 Å². The highest BCUT2D eigenvalue weighted by Crippen LogP contribution is 2.34. The summed E-state index contributed by atoms with van der Waals surface area (Å²) in [6.07, 6.45) is 0.891. The number of nitrogens with one attached hydrogen (secondary N) is 1. The number of benzene rings is 2. The molecule has 2 aromatic carbocycles. The predicted octanol–water partition coefficient (Wildman–Crippen LogP) is 4.25. The molecule has 1 amide bonds. The third-order valence-electron chi connectivity index (χ3n) is 4.16. The fourth-order valence-electron chi connectivity index (χ4n) is 2.73. The molecular formula is C20H16BrFN4O3S2. The molecule has 0 saturated carbocycles. The zero-order valence-electron chi connectivity index (χ0n) is 16.4. The van der Waals surface area contributed by atoms with Crippen LogP contribution >= 0.6 is 27.3 Å². The molecule has 31 heavy (non-hydrogen) atoms. The molecule has 3 rings (SSSR count). The van der Waals surface area contributed by atoms with E-state index in [1.165, 1.54) is 23.5 Å². The van der Waals surface area contributed by atoms with Gasteiger partial charge in [-0.15, -0.1) is 11.3 Å². The summed E-state index contributed by atoms with van der Waals surface area (Å²) in [5.74, 6) is -1.20. The van der Waals surface area contributed by atoms with E-state index in [2.05, 4.69) is 27.0 Å². The lowest BCUT2D eigenvalue weighted by atomic mass is 10.1. The summed E-state index contributed by atoms with van der Waals surface area (Å²) in [5.41, 5.74) is 1.94. The van der Waals surface area contributed by atoms with Crippen molar-refractivity contribution in [1.29, 1.82) is 5.26 Å². The molecule has 0 bridgehead atoms. The van der Waals surface area contributed by atoms with Crippen LogP contribution in [-0.2, 0) is 16.6 Å². The molecular weight excluding hydrogens is 507 g/mol. The summed E-state index contributed by atoms with van der Waals surface area (Å²) in [5, 5.41) is 9.51. The number of anilines is 2. The van der Waals surface area contributed by atoms with Crippen molar-refractivity contribution in [3.05, 3.63) is 74.5 Å². The Bertz CT molecular complexity index is 1280. The third kappa shape index (κ3) is 5.66. The molecule has 0 aliphatic carbocycles. The van der Waals surface area contributed by atoms with Crippen molar-refractivity contribution in [1.82, 2.24) is 9.71 Å². The Morgan fingerprint density at radius 3 is 2.55 bits per heavy atom. The fraction of sp³-hybridized carbons (Fsp3) is 0.150. The highest BCUT2D eigenvalue weighted by molar-refractivity contribution is 9.10. The molecule has 7 nitrogen and oxygen atoms in total. The van der Waals surface area contributed by atoms with Crippen molar-refractivity contribution in [2.75, 3.05) is 11.2 Å². The van der Waals surface area contributed by atoms with E-state index in [1.54, 1.807) is 42.2 Å². The Kier molecular flexibility index (Phi) is 6.74. The van der Waals surface area contributed by atoms with E-state index < -0.39 is 15.9 Å². The van der Waals surface area contributed by atoms with E-state index in [-0.39, 0.29) is 18.1 Å². The summed E-state index contributed by atoms with van der Waals surface area (Å²) in [4.78, 5) is 19.0. The average Bonchev–Trinajstić information content (AvgIpc) is 3.08. The van der Waals surface area contributed by atoms with E-state index >= 15 is 0 Å². The topological polar surface area (TPSA) is 103 Å². The number of thiazole rings is 1. The Balaban J connectivity index is 2.04. The largest absolute Gasteiger partial charge is 0.313 e. The molecule has 1 aromatic heterocycles. The van der Waals surface area contributed by atoms with Crippen molar-refractivity contribution in [3.8, 4) is 6.07 Å². The minimum absolute atomic E-state index is 0.00208. The molecule has 0 aliphatic rings. The first-order valence-corrected chi connectivity index (χ1v) is 12.3. The minimum atomic E-state index is -3.74. The Hall–Kier alpha value is -2.81. The van der Waals surface area contributed by atoms with Crippen molar-refractivity contribution >= 4 is 54.0 Å². The van der Waals surface area contributed by atoms with E-state index in [1.807, 2.05) is 4.72 Å². The van der Waals surface area contributed by atoms with Crippen molar-refractivity contribution in [2.45, 2.75) is 13.5 Å². The summed E-state index contributed by atoms with van der Waals surface area (Å²) in [7, 11) is -3.74. The summed E-state index contributed by atoms with van der Waals surface area (Å²) in [6.45, 7) is 1.95. The van der Waals surface area contributed by atoms with E-state index in [4.69, 9.17) is 5.26 Å². The van der Waals surface area contributed by atoms with Gasteiger partial charge >= 0.3 is 0 Å². The first-order chi connectivity index (χ1) is 14.6. The molecule has 0 fully saturated rings. The molecule has 3 aromatic rings. The van der Waals surface area contributed by atoms with Crippen LogP contribution in [0, 0.1) is 24.1 Å². The predicted molar refractivity (Wildman–Crippen MR) is 120 cm³/mol. The molecule has 0 spiro atoms. The number of nitriles is 1. The first-order valence-electron chi connectivity index (χ1n) is 8.78. The van der Waals surface area contributed by atoms with Crippen LogP contribution in [0.1, 0.15) is 26.5 Å². The summed E-state index contributed by atoms with van der Waals surface area (Å²) >= 11 is 4.58. The van der Waals surface area contributed by atoms with Gasteiger partial charge in [-0.25, -0.2) is 22.5 Å². The van der Waals surface area contributed by atoms with Crippen LogP contribution in [0.3, 0.4) is 0 Å². The third-order valence-corrected chi connectivity index (χ3v) is 6.45. The molecule has 1 heterocycles. The zero-order valence-corrected chi connectivity index (χ0v) is 19.6. The zero-order chi connectivity index (χ0) is 22.8. The maximum Gasteiger partial charge on any atom is 0.284 e. The lowest BCUT2D eigenvalue weighted by Crippen LogP contribution is -2.30. The quantitative estimate of drug-likeness (QED) is 0.518. The van der Waals surface area contributed by atoms with Gasteiger partial charge in [-0.1, -0.05) is 22.0 Å². The van der Waals surface area contributed by atoms with Crippen LogP contribution < -0.4 is 9.62 Å². The van der Waals surface area contributed by atoms with Crippen molar-refractivity contribution in [2.24, 2.45) is 0 Å². The van der Waals surface area contributed by atoms with Crippen molar-refractivity contribution < 1.29 is 17.6 Å². The fourth-order valence-corrected chi connectivity index (χ4v) is 4.57. The average molecular weight is 523 g/mol. The van der Waals surface area contributed by atoms with Crippen LogP contribution in [0.25, 0.3) is 0 Å². The lowest BCUT2D eigenvalue weighted by molar-refractivity contribution is 0.0977. The normalized spacial score (nSPS) is 11.1. The molecule has 0 unspecified atom stereocenters. The van der Waals surface area contributed by atoms with Crippen LogP contribution in [0.5, 0.6) is 0 Å². The molecule has 0 radical (unpaired) electrons. The number of carbonyl (C=O) groups excluding carboxylic acids is 1. The van der Waals surface area contributed by atoms with Gasteiger partial charge in [-0.2, -0.15) is 5.26 Å².